The minimum absolute atomic E-state index is 0.218. The van der Waals surface area contributed by atoms with E-state index in [2.05, 4.69) is 17.2 Å². The van der Waals surface area contributed by atoms with E-state index in [1.165, 1.54) is 0 Å². The smallest absolute Gasteiger partial charge is 0.228 e. The normalized spacial score (nSPS) is 30.5. The van der Waals surface area contributed by atoms with Crippen molar-refractivity contribution in [1.29, 1.82) is 0 Å². The van der Waals surface area contributed by atoms with Crippen LogP contribution in [-0.4, -0.2) is 41.5 Å². The third-order valence-corrected chi connectivity index (χ3v) is 4.31. The van der Waals surface area contributed by atoms with Crippen LogP contribution in [0.25, 0.3) is 0 Å². The van der Waals surface area contributed by atoms with E-state index in [1.54, 1.807) is 6.20 Å². The Balaban J connectivity index is 1.67. The molecule has 1 N–H and O–H groups in total. The molecule has 2 fully saturated rings. The highest BCUT2D eigenvalue weighted by Gasteiger charge is 2.43. The molecule has 4 nitrogen and oxygen atoms in total. The van der Waals surface area contributed by atoms with Gasteiger partial charge in [-0.25, -0.2) is 0 Å². The van der Waals surface area contributed by atoms with Crippen LogP contribution in [0.3, 0.4) is 0 Å². The quantitative estimate of drug-likeness (QED) is 0.834. The van der Waals surface area contributed by atoms with Crippen LogP contribution in [-0.2, 0) is 11.2 Å². The topological polar surface area (TPSA) is 45.2 Å². The Morgan fingerprint density at radius 3 is 3.11 bits per heavy atom. The number of rotatable bonds is 2. The first-order valence-electron chi connectivity index (χ1n) is 6.66. The monoisotopic (exact) mass is 245 g/mol. The lowest BCUT2D eigenvalue weighted by Crippen LogP contribution is -2.39. The summed E-state index contributed by atoms with van der Waals surface area (Å²) in [4.78, 5) is 18.6. The average Bonchev–Trinajstić information content (AvgIpc) is 2.94. The third kappa shape index (κ3) is 2.01. The van der Waals surface area contributed by atoms with E-state index in [1.807, 2.05) is 23.1 Å². The predicted octanol–water partition coefficient (Wildman–Crippen LogP) is 0.690. The Kier molecular flexibility index (Phi) is 3.04. The van der Waals surface area contributed by atoms with E-state index >= 15 is 0 Å². The number of fused-ring (bicyclic) bond motifs is 1. The summed E-state index contributed by atoms with van der Waals surface area (Å²) in [5.74, 6) is 1.50. The number of nitrogens with zero attached hydrogens (tertiary/aromatic N) is 2. The molecule has 2 aliphatic rings. The van der Waals surface area contributed by atoms with Crippen molar-refractivity contribution in [2.24, 2.45) is 11.8 Å². The number of pyridine rings is 1. The molecule has 0 saturated carbocycles. The van der Waals surface area contributed by atoms with E-state index < -0.39 is 0 Å². The lowest BCUT2D eigenvalue weighted by atomic mass is 9.95. The maximum Gasteiger partial charge on any atom is 0.228 e. The molecule has 96 valence electrons. The van der Waals surface area contributed by atoms with Gasteiger partial charge in [-0.1, -0.05) is 6.07 Å². The van der Waals surface area contributed by atoms with Gasteiger partial charge in [0.15, 0.2) is 0 Å². The maximum absolute atomic E-state index is 12.3. The number of carbonyl (C=O) groups excluding carboxylic acids is 1. The van der Waals surface area contributed by atoms with Gasteiger partial charge in [0.05, 0.1) is 6.42 Å². The van der Waals surface area contributed by atoms with Crippen LogP contribution in [0.5, 0.6) is 0 Å². The molecule has 0 radical (unpaired) electrons. The maximum atomic E-state index is 12.3. The fourth-order valence-corrected chi connectivity index (χ4v) is 3.26. The summed E-state index contributed by atoms with van der Waals surface area (Å²) in [7, 11) is 0. The molecule has 2 saturated heterocycles. The molecule has 3 atom stereocenters. The van der Waals surface area contributed by atoms with Crippen molar-refractivity contribution >= 4 is 5.91 Å². The number of nitrogens with one attached hydrogen (secondary N) is 1. The lowest BCUT2D eigenvalue weighted by molar-refractivity contribution is -0.131. The van der Waals surface area contributed by atoms with Crippen LogP contribution < -0.4 is 5.32 Å². The Labute approximate surface area is 107 Å². The van der Waals surface area contributed by atoms with Crippen molar-refractivity contribution < 1.29 is 4.79 Å². The van der Waals surface area contributed by atoms with Gasteiger partial charge >= 0.3 is 0 Å². The molecular weight excluding hydrogens is 226 g/mol. The average molecular weight is 245 g/mol. The van der Waals surface area contributed by atoms with Crippen LogP contribution in [0.2, 0.25) is 0 Å². The first-order valence-corrected chi connectivity index (χ1v) is 6.66. The van der Waals surface area contributed by atoms with E-state index in [0.29, 0.717) is 24.3 Å². The van der Waals surface area contributed by atoms with Gasteiger partial charge in [0.2, 0.25) is 5.91 Å². The third-order valence-electron chi connectivity index (χ3n) is 4.31. The zero-order valence-electron chi connectivity index (χ0n) is 10.7. The van der Waals surface area contributed by atoms with Gasteiger partial charge in [0.1, 0.15) is 0 Å². The van der Waals surface area contributed by atoms with Crippen molar-refractivity contribution in [1.82, 2.24) is 15.2 Å². The van der Waals surface area contributed by atoms with Gasteiger partial charge in [-0.3, -0.25) is 9.78 Å². The van der Waals surface area contributed by atoms with Gasteiger partial charge in [-0.05, 0) is 30.9 Å². The van der Waals surface area contributed by atoms with Gasteiger partial charge in [-0.15, -0.1) is 0 Å². The Morgan fingerprint density at radius 2 is 2.39 bits per heavy atom. The molecule has 3 unspecified atom stereocenters. The summed E-state index contributed by atoms with van der Waals surface area (Å²) in [6.45, 7) is 5.19. The van der Waals surface area contributed by atoms with Crippen LogP contribution in [0.15, 0.2) is 24.4 Å². The first-order chi connectivity index (χ1) is 8.75. The van der Waals surface area contributed by atoms with Crippen molar-refractivity contribution in [3.05, 3.63) is 30.1 Å². The summed E-state index contributed by atoms with van der Waals surface area (Å²) in [5.41, 5.74) is 0.866. The summed E-state index contributed by atoms with van der Waals surface area (Å²) < 4.78 is 0. The highest BCUT2D eigenvalue weighted by Crippen LogP contribution is 2.32. The molecule has 0 aromatic carbocycles. The minimum atomic E-state index is 0.218. The first kappa shape index (κ1) is 11.7. The predicted molar refractivity (Wildman–Crippen MR) is 69.0 cm³/mol. The summed E-state index contributed by atoms with van der Waals surface area (Å²) in [6.07, 6.45) is 2.17. The van der Waals surface area contributed by atoms with Gasteiger partial charge in [0, 0.05) is 37.6 Å². The Bertz CT molecular complexity index is 434. The largest absolute Gasteiger partial charge is 0.339 e. The second-order valence-corrected chi connectivity index (χ2v) is 5.37. The number of hydrogen-bond donors (Lipinski definition) is 1. The highest BCUT2D eigenvalue weighted by molar-refractivity contribution is 5.79. The molecule has 4 heteroatoms. The second kappa shape index (κ2) is 4.69. The molecule has 3 rings (SSSR count). The zero-order valence-corrected chi connectivity index (χ0v) is 10.7. The molecular formula is C14H19N3O. The van der Waals surface area contributed by atoms with Gasteiger partial charge in [0.25, 0.3) is 0 Å². The fraction of sp³-hybridized carbons (Fsp3) is 0.571. The minimum Gasteiger partial charge on any atom is -0.339 e. The Morgan fingerprint density at radius 1 is 1.50 bits per heavy atom. The molecule has 18 heavy (non-hydrogen) atoms. The number of likely N-dealkylation sites (tertiary alicyclic amines) is 1. The van der Waals surface area contributed by atoms with Gasteiger partial charge < -0.3 is 10.2 Å². The van der Waals surface area contributed by atoms with Crippen LogP contribution in [0, 0.1) is 11.8 Å². The summed E-state index contributed by atoms with van der Waals surface area (Å²) in [5, 5.41) is 3.41. The number of hydrogen-bond acceptors (Lipinski definition) is 3. The van der Waals surface area contributed by atoms with Crippen molar-refractivity contribution in [3.63, 3.8) is 0 Å². The van der Waals surface area contributed by atoms with E-state index in [4.69, 9.17) is 0 Å². The van der Waals surface area contributed by atoms with Crippen LogP contribution in [0.4, 0.5) is 0 Å². The SMILES string of the molecule is CC1C2CNCC2CN1C(=O)Cc1ccccn1. The zero-order chi connectivity index (χ0) is 12.5. The lowest BCUT2D eigenvalue weighted by Gasteiger charge is -2.24. The summed E-state index contributed by atoms with van der Waals surface area (Å²) >= 11 is 0. The van der Waals surface area contributed by atoms with Crippen molar-refractivity contribution in [3.8, 4) is 0 Å². The molecule has 2 aliphatic heterocycles. The van der Waals surface area contributed by atoms with E-state index in [-0.39, 0.29) is 5.91 Å². The fourth-order valence-electron chi connectivity index (χ4n) is 3.26. The molecule has 1 amide bonds. The Hall–Kier alpha value is -1.42. The van der Waals surface area contributed by atoms with Gasteiger partial charge in [-0.2, -0.15) is 0 Å². The molecule has 1 aromatic heterocycles. The number of carbonyl (C=O) groups is 1. The standard InChI is InChI=1S/C14H19N3O/c1-10-13-8-15-7-11(13)9-17(10)14(18)6-12-4-2-3-5-16-12/h2-5,10-11,13,15H,6-9H2,1H3. The van der Waals surface area contributed by atoms with Crippen molar-refractivity contribution in [2.45, 2.75) is 19.4 Å². The molecule has 0 aliphatic carbocycles. The molecule has 0 bridgehead atoms. The highest BCUT2D eigenvalue weighted by atomic mass is 16.2. The summed E-state index contributed by atoms with van der Waals surface area (Å²) in [6, 6.07) is 6.09. The number of amides is 1. The molecule has 1 aromatic rings. The second-order valence-electron chi connectivity index (χ2n) is 5.37. The molecule has 3 heterocycles. The van der Waals surface area contributed by atoms with Crippen molar-refractivity contribution in [2.75, 3.05) is 19.6 Å². The van der Waals surface area contributed by atoms with E-state index in [0.717, 1.165) is 25.3 Å². The van der Waals surface area contributed by atoms with E-state index in [9.17, 15) is 4.79 Å². The molecule has 0 spiro atoms. The van der Waals surface area contributed by atoms with Crippen LogP contribution >= 0.6 is 0 Å². The van der Waals surface area contributed by atoms with Crippen LogP contribution in [0.1, 0.15) is 12.6 Å². The number of aromatic nitrogens is 1.